The number of H-pyrrole nitrogens is 2. The van der Waals surface area contributed by atoms with E-state index in [-0.39, 0.29) is 5.56 Å². The summed E-state index contributed by atoms with van der Waals surface area (Å²) in [5.74, 6) is 0. The van der Waals surface area contributed by atoms with Crippen molar-refractivity contribution in [3.05, 3.63) is 39.2 Å². The number of hydrogen-bond donors (Lipinski definition) is 3. The Morgan fingerprint density at radius 1 is 1.47 bits per heavy atom. The molecular formula is C8H8BrN5O. The Hall–Kier alpha value is -1.63. The van der Waals surface area contributed by atoms with Gasteiger partial charge in [0.15, 0.2) is 0 Å². The second kappa shape index (κ2) is 4.26. The Morgan fingerprint density at radius 2 is 2.33 bits per heavy atom. The molecule has 0 radical (unpaired) electrons. The molecule has 6 nitrogen and oxygen atoms in total. The van der Waals surface area contributed by atoms with E-state index in [1.807, 2.05) is 0 Å². The molecule has 0 unspecified atom stereocenters. The standard InChI is InChI=1S/C8H8BrN5O/c9-7-6(3-13-14-8(7)15)11-2-5-1-10-4-12-5/h1,3-4H,2H2,(H,10,12)(H2,11,14,15). The van der Waals surface area contributed by atoms with Gasteiger partial charge in [-0.15, -0.1) is 0 Å². The number of rotatable bonds is 3. The molecule has 0 aliphatic carbocycles. The summed E-state index contributed by atoms with van der Waals surface area (Å²) < 4.78 is 0.442. The van der Waals surface area contributed by atoms with Crippen LogP contribution in [0.5, 0.6) is 0 Å². The van der Waals surface area contributed by atoms with E-state index in [9.17, 15) is 4.79 Å². The Morgan fingerprint density at radius 3 is 3.07 bits per heavy atom. The molecule has 0 atom stereocenters. The minimum absolute atomic E-state index is 0.260. The third-order valence-electron chi connectivity index (χ3n) is 1.82. The molecule has 3 N–H and O–H groups in total. The zero-order chi connectivity index (χ0) is 10.7. The molecule has 2 rings (SSSR count). The summed E-state index contributed by atoms with van der Waals surface area (Å²) in [6, 6.07) is 0. The number of imidazole rings is 1. The highest BCUT2D eigenvalue weighted by atomic mass is 79.9. The van der Waals surface area contributed by atoms with Gasteiger partial charge >= 0.3 is 0 Å². The summed E-state index contributed by atoms with van der Waals surface area (Å²) in [6.07, 6.45) is 4.85. The lowest BCUT2D eigenvalue weighted by Gasteiger charge is -2.04. The Kier molecular flexibility index (Phi) is 2.82. The van der Waals surface area contributed by atoms with Gasteiger partial charge in [-0.3, -0.25) is 4.79 Å². The van der Waals surface area contributed by atoms with Gasteiger partial charge in [0.05, 0.1) is 30.5 Å². The van der Waals surface area contributed by atoms with Crippen LogP contribution in [0.4, 0.5) is 5.69 Å². The normalized spacial score (nSPS) is 10.2. The number of aromatic amines is 2. The lowest BCUT2D eigenvalue weighted by Crippen LogP contribution is -2.12. The number of hydrogen-bond acceptors (Lipinski definition) is 4. The van der Waals surface area contributed by atoms with Crippen LogP contribution in [0.2, 0.25) is 0 Å². The summed E-state index contributed by atoms with van der Waals surface area (Å²) in [4.78, 5) is 18.0. The number of nitrogens with one attached hydrogen (secondary N) is 3. The lowest BCUT2D eigenvalue weighted by atomic mass is 10.4. The summed E-state index contributed by atoms with van der Waals surface area (Å²) in [7, 11) is 0. The molecule has 0 saturated carbocycles. The summed E-state index contributed by atoms with van der Waals surface area (Å²) in [6.45, 7) is 0.559. The Labute approximate surface area is 93.3 Å². The molecule has 0 aromatic carbocycles. The van der Waals surface area contributed by atoms with Crippen molar-refractivity contribution >= 4 is 21.6 Å². The van der Waals surface area contributed by atoms with E-state index in [1.165, 1.54) is 0 Å². The smallest absolute Gasteiger partial charge is 0.280 e. The Bertz CT molecular complexity index is 492. The third kappa shape index (κ3) is 2.24. The second-order valence-electron chi connectivity index (χ2n) is 2.86. The molecule has 0 aliphatic rings. The molecule has 0 saturated heterocycles. The van der Waals surface area contributed by atoms with Crippen LogP contribution in [0.25, 0.3) is 0 Å². The molecule has 7 heteroatoms. The van der Waals surface area contributed by atoms with Crippen molar-refractivity contribution in [2.45, 2.75) is 6.54 Å². The second-order valence-corrected chi connectivity index (χ2v) is 3.65. The lowest BCUT2D eigenvalue weighted by molar-refractivity contribution is 0.967. The van der Waals surface area contributed by atoms with E-state index >= 15 is 0 Å². The molecule has 78 valence electrons. The molecule has 2 heterocycles. The molecule has 0 bridgehead atoms. The maximum absolute atomic E-state index is 11.2. The first-order valence-electron chi connectivity index (χ1n) is 4.21. The van der Waals surface area contributed by atoms with E-state index in [1.54, 1.807) is 18.7 Å². The number of anilines is 1. The van der Waals surface area contributed by atoms with Gasteiger partial charge in [-0.1, -0.05) is 0 Å². The predicted molar refractivity (Wildman–Crippen MR) is 58.5 cm³/mol. The molecule has 0 amide bonds. The van der Waals surface area contributed by atoms with Crippen LogP contribution in [0.15, 0.2) is 28.0 Å². The zero-order valence-electron chi connectivity index (χ0n) is 7.62. The van der Waals surface area contributed by atoms with Gasteiger partial charge in [-0.2, -0.15) is 5.10 Å². The van der Waals surface area contributed by atoms with Crippen molar-refractivity contribution in [1.29, 1.82) is 0 Å². The molecule has 15 heavy (non-hydrogen) atoms. The van der Waals surface area contributed by atoms with Crippen LogP contribution >= 0.6 is 15.9 Å². The average molecular weight is 270 g/mol. The van der Waals surface area contributed by atoms with Crippen molar-refractivity contribution in [2.24, 2.45) is 0 Å². The van der Waals surface area contributed by atoms with Gasteiger partial charge in [-0.05, 0) is 15.9 Å². The highest BCUT2D eigenvalue weighted by molar-refractivity contribution is 9.10. The van der Waals surface area contributed by atoms with E-state index < -0.39 is 0 Å². The first-order valence-corrected chi connectivity index (χ1v) is 5.01. The van der Waals surface area contributed by atoms with E-state index in [2.05, 4.69) is 41.4 Å². The third-order valence-corrected chi connectivity index (χ3v) is 2.61. The summed E-state index contributed by atoms with van der Waals surface area (Å²) >= 11 is 3.17. The average Bonchev–Trinajstić information content (AvgIpc) is 2.73. The van der Waals surface area contributed by atoms with Crippen LogP contribution in [0.3, 0.4) is 0 Å². The van der Waals surface area contributed by atoms with Crippen LogP contribution in [0, 0.1) is 0 Å². The molecule has 0 aliphatic heterocycles. The monoisotopic (exact) mass is 269 g/mol. The van der Waals surface area contributed by atoms with Gasteiger partial charge in [0, 0.05) is 6.20 Å². The molecule has 2 aromatic rings. The maximum Gasteiger partial charge on any atom is 0.280 e. The van der Waals surface area contributed by atoms with Gasteiger partial charge in [0.1, 0.15) is 4.47 Å². The van der Waals surface area contributed by atoms with Crippen molar-refractivity contribution in [3.8, 4) is 0 Å². The van der Waals surface area contributed by atoms with Crippen LogP contribution in [-0.2, 0) is 6.54 Å². The number of nitrogens with zero attached hydrogens (tertiary/aromatic N) is 2. The van der Waals surface area contributed by atoms with Gasteiger partial charge in [0.25, 0.3) is 5.56 Å². The molecule has 2 aromatic heterocycles. The van der Waals surface area contributed by atoms with Crippen molar-refractivity contribution in [1.82, 2.24) is 20.2 Å². The predicted octanol–water partition coefficient (Wildman–Crippen LogP) is 0.868. The minimum atomic E-state index is -0.260. The highest BCUT2D eigenvalue weighted by Gasteiger charge is 2.03. The summed E-state index contributed by atoms with van der Waals surface area (Å²) in [5.41, 5.74) is 1.32. The maximum atomic E-state index is 11.2. The number of halogens is 1. The summed E-state index contributed by atoms with van der Waals surface area (Å²) in [5, 5.41) is 9.07. The fraction of sp³-hybridized carbons (Fsp3) is 0.125. The quantitative estimate of drug-likeness (QED) is 0.772. The van der Waals surface area contributed by atoms with Crippen molar-refractivity contribution < 1.29 is 0 Å². The first-order chi connectivity index (χ1) is 7.27. The topological polar surface area (TPSA) is 86.5 Å². The minimum Gasteiger partial charge on any atom is -0.377 e. The van der Waals surface area contributed by atoms with Crippen molar-refractivity contribution in [3.63, 3.8) is 0 Å². The van der Waals surface area contributed by atoms with Gasteiger partial charge in [-0.25, -0.2) is 10.1 Å². The van der Waals surface area contributed by atoms with Crippen LogP contribution in [0.1, 0.15) is 5.69 Å². The molecule has 0 fully saturated rings. The van der Waals surface area contributed by atoms with Gasteiger partial charge in [0.2, 0.25) is 0 Å². The highest BCUT2D eigenvalue weighted by Crippen LogP contribution is 2.15. The zero-order valence-corrected chi connectivity index (χ0v) is 9.21. The van der Waals surface area contributed by atoms with Gasteiger partial charge < -0.3 is 10.3 Å². The SMILES string of the molecule is O=c1[nH]ncc(NCc2cnc[nH]2)c1Br. The first kappa shape index (κ1) is 9.91. The van der Waals surface area contributed by atoms with Crippen LogP contribution in [-0.4, -0.2) is 20.2 Å². The Balaban J connectivity index is 2.12. The molecular weight excluding hydrogens is 262 g/mol. The van der Waals surface area contributed by atoms with E-state index in [4.69, 9.17) is 0 Å². The van der Waals surface area contributed by atoms with Crippen molar-refractivity contribution in [2.75, 3.05) is 5.32 Å². The fourth-order valence-electron chi connectivity index (χ4n) is 1.08. The van der Waals surface area contributed by atoms with E-state index in [0.29, 0.717) is 16.7 Å². The van der Waals surface area contributed by atoms with E-state index in [0.717, 1.165) is 5.69 Å². The molecule has 0 spiro atoms. The van der Waals surface area contributed by atoms with Crippen LogP contribution < -0.4 is 10.9 Å². The largest absolute Gasteiger partial charge is 0.377 e. The number of aromatic nitrogens is 4. The fourth-order valence-corrected chi connectivity index (χ4v) is 1.41.